The van der Waals surface area contributed by atoms with Crippen LogP contribution in [-0.2, 0) is 22.6 Å². The number of amides is 1. The summed E-state index contributed by atoms with van der Waals surface area (Å²) in [6.45, 7) is -0.0900. The van der Waals surface area contributed by atoms with Gasteiger partial charge in [0.1, 0.15) is 18.8 Å². The average Bonchev–Trinajstić information content (AvgIpc) is 3.05. The van der Waals surface area contributed by atoms with E-state index in [-0.39, 0.29) is 19.6 Å². The van der Waals surface area contributed by atoms with Crippen molar-refractivity contribution in [2.24, 2.45) is 0 Å². The zero-order chi connectivity index (χ0) is 18.2. The fraction of sp³-hybridized carbons (Fsp3) is 0.294. The number of alkyl carbamates (subject to hydrolysis) is 1. The second-order valence-corrected chi connectivity index (χ2v) is 6.37. The summed E-state index contributed by atoms with van der Waals surface area (Å²) in [5.41, 5.74) is 1.25. The van der Waals surface area contributed by atoms with Crippen LogP contribution in [0.4, 0.5) is 4.79 Å². The molecule has 0 aliphatic rings. The summed E-state index contributed by atoms with van der Waals surface area (Å²) in [4.78, 5) is 22.8. The minimum atomic E-state index is -1.24. The Morgan fingerprint density at radius 2 is 1.92 bits per heavy atom. The topological polar surface area (TPSA) is 116 Å². The molecule has 2 unspecified atom stereocenters. The number of carbonyl (C=O) groups excluding carboxylic acids is 1. The van der Waals surface area contributed by atoms with E-state index in [9.17, 15) is 19.8 Å². The SMILES string of the molecule is O=C(O)Cc1cc(C(O)C(O)CNC(=O)OCc2ccccc2)cs1. The van der Waals surface area contributed by atoms with Gasteiger partial charge in [0.05, 0.1) is 6.42 Å². The van der Waals surface area contributed by atoms with Crippen molar-refractivity contribution < 1.29 is 29.6 Å². The molecule has 0 radical (unpaired) electrons. The predicted molar refractivity (Wildman–Crippen MR) is 91.3 cm³/mol. The number of hydrogen-bond acceptors (Lipinski definition) is 6. The van der Waals surface area contributed by atoms with Crippen LogP contribution in [0.15, 0.2) is 41.8 Å². The fourth-order valence-corrected chi connectivity index (χ4v) is 3.00. The number of aliphatic hydroxyl groups excluding tert-OH is 2. The van der Waals surface area contributed by atoms with E-state index in [1.54, 1.807) is 5.38 Å². The predicted octanol–water partition coefficient (Wildman–Crippen LogP) is 1.70. The Bertz CT molecular complexity index is 702. The molecule has 134 valence electrons. The molecule has 2 rings (SSSR count). The van der Waals surface area contributed by atoms with Crippen LogP contribution in [0.5, 0.6) is 0 Å². The first kappa shape index (κ1) is 18.9. The van der Waals surface area contributed by atoms with Gasteiger partial charge in [0.15, 0.2) is 0 Å². The highest BCUT2D eigenvalue weighted by atomic mass is 32.1. The van der Waals surface area contributed by atoms with Crippen LogP contribution in [0.1, 0.15) is 22.1 Å². The minimum absolute atomic E-state index is 0.106. The first-order valence-electron chi connectivity index (χ1n) is 7.55. The molecule has 0 saturated carbocycles. The molecule has 0 saturated heterocycles. The highest BCUT2D eigenvalue weighted by molar-refractivity contribution is 7.10. The number of aliphatic hydroxyl groups is 2. The summed E-state index contributed by atoms with van der Waals surface area (Å²) in [5.74, 6) is -0.966. The Morgan fingerprint density at radius 3 is 2.60 bits per heavy atom. The third kappa shape index (κ3) is 6.18. The van der Waals surface area contributed by atoms with E-state index < -0.39 is 24.3 Å². The molecule has 2 aromatic rings. The van der Waals surface area contributed by atoms with Gasteiger partial charge in [-0.25, -0.2) is 4.79 Å². The molecule has 1 aromatic carbocycles. The summed E-state index contributed by atoms with van der Waals surface area (Å²) in [6.07, 6.45) is -3.31. The molecule has 8 heteroatoms. The number of aliphatic carboxylic acids is 1. The molecule has 0 bridgehead atoms. The summed E-state index contributed by atoms with van der Waals surface area (Å²) >= 11 is 1.19. The third-order valence-corrected chi connectivity index (χ3v) is 4.33. The Morgan fingerprint density at radius 1 is 1.20 bits per heavy atom. The van der Waals surface area contributed by atoms with E-state index in [1.807, 2.05) is 30.3 Å². The van der Waals surface area contributed by atoms with Gasteiger partial charge in [0, 0.05) is 11.4 Å². The van der Waals surface area contributed by atoms with E-state index in [0.29, 0.717) is 10.4 Å². The van der Waals surface area contributed by atoms with Gasteiger partial charge in [0.2, 0.25) is 0 Å². The van der Waals surface area contributed by atoms with Crippen LogP contribution in [0.25, 0.3) is 0 Å². The smallest absolute Gasteiger partial charge is 0.407 e. The Balaban J connectivity index is 1.76. The second kappa shape index (κ2) is 9.16. The Labute approximate surface area is 148 Å². The number of ether oxygens (including phenoxy) is 1. The number of benzene rings is 1. The molecule has 25 heavy (non-hydrogen) atoms. The van der Waals surface area contributed by atoms with Gasteiger partial charge in [-0.15, -0.1) is 11.3 Å². The van der Waals surface area contributed by atoms with Crippen molar-refractivity contribution in [1.82, 2.24) is 5.32 Å². The maximum absolute atomic E-state index is 11.6. The van der Waals surface area contributed by atoms with Gasteiger partial charge in [0.25, 0.3) is 0 Å². The zero-order valence-corrected chi connectivity index (χ0v) is 14.1. The molecule has 1 amide bonds. The number of carbonyl (C=O) groups is 2. The molecule has 0 aliphatic heterocycles. The molecule has 2 atom stereocenters. The van der Waals surface area contributed by atoms with E-state index in [2.05, 4.69) is 5.32 Å². The molecule has 0 aliphatic carbocycles. The van der Waals surface area contributed by atoms with Gasteiger partial charge in [-0.3, -0.25) is 4.79 Å². The minimum Gasteiger partial charge on any atom is -0.481 e. The van der Waals surface area contributed by atoms with Crippen molar-refractivity contribution in [2.45, 2.75) is 25.2 Å². The van der Waals surface area contributed by atoms with Crippen LogP contribution in [-0.4, -0.2) is 40.0 Å². The van der Waals surface area contributed by atoms with E-state index >= 15 is 0 Å². The molecule has 0 spiro atoms. The van der Waals surface area contributed by atoms with Gasteiger partial charge in [-0.1, -0.05) is 30.3 Å². The van der Waals surface area contributed by atoms with E-state index in [0.717, 1.165) is 5.56 Å². The largest absolute Gasteiger partial charge is 0.481 e. The number of nitrogens with one attached hydrogen (secondary N) is 1. The van der Waals surface area contributed by atoms with Crippen molar-refractivity contribution in [2.75, 3.05) is 6.54 Å². The molecule has 1 heterocycles. The van der Waals surface area contributed by atoms with Crippen molar-refractivity contribution in [3.05, 3.63) is 57.8 Å². The van der Waals surface area contributed by atoms with Crippen molar-refractivity contribution in [3.63, 3.8) is 0 Å². The Hall–Kier alpha value is -2.42. The molecular formula is C17H19NO6S. The van der Waals surface area contributed by atoms with E-state index in [4.69, 9.17) is 9.84 Å². The average molecular weight is 365 g/mol. The second-order valence-electron chi connectivity index (χ2n) is 5.37. The Kier molecular flexibility index (Phi) is 6.93. The molecular weight excluding hydrogens is 346 g/mol. The van der Waals surface area contributed by atoms with Crippen molar-refractivity contribution in [3.8, 4) is 0 Å². The summed E-state index contributed by atoms with van der Waals surface area (Å²) in [6, 6.07) is 10.7. The van der Waals surface area contributed by atoms with Crippen molar-refractivity contribution >= 4 is 23.4 Å². The lowest BCUT2D eigenvalue weighted by Crippen LogP contribution is -2.35. The van der Waals surface area contributed by atoms with Crippen LogP contribution in [0.3, 0.4) is 0 Å². The lowest BCUT2D eigenvalue weighted by atomic mass is 10.1. The standard InChI is InChI=1S/C17H19NO6S/c19-14(16(22)12-6-13(25-10-12)7-15(20)21)8-18-17(23)24-9-11-4-2-1-3-5-11/h1-6,10,14,16,19,22H,7-9H2,(H,18,23)(H,20,21). The van der Waals surface area contributed by atoms with Crippen LogP contribution < -0.4 is 5.32 Å². The van der Waals surface area contributed by atoms with Crippen LogP contribution in [0, 0.1) is 0 Å². The monoisotopic (exact) mass is 365 g/mol. The van der Waals surface area contributed by atoms with Gasteiger partial charge in [-0.2, -0.15) is 0 Å². The third-order valence-electron chi connectivity index (χ3n) is 3.37. The molecule has 7 nitrogen and oxygen atoms in total. The maximum atomic E-state index is 11.6. The summed E-state index contributed by atoms with van der Waals surface area (Å²) < 4.78 is 5.01. The van der Waals surface area contributed by atoms with Gasteiger partial charge in [-0.05, 0) is 22.6 Å². The number of rotatable bonds is 8. The number of carboxylic acids is 1. The number of hydrogen-bond donors (Lipinski definition) is 4. The summed E-state index contributed by atoms with van der Waals surface area (Å²) in [7, 11) is 0. The highest BCUT2D eigenvalue weighted by Crippen LogP contribution is 2.23. The lowest BCUT2D eigenvalue weighted by Gasteiger charge is -2.17. The van der Waals surface area contributed by atoms with Crippen LogP contribution in [0.2, 0.25) is 0 Å². The zero-order valence-electron chi connectivity index (χ0n) is 13.3. The normalized spacial score (nSPS) is 13.0. The maximum Gasteiger partial charge on any atom is 0.407 e. The lowest BCUT2D eigenvalue weighted by molar-refractivity contribution is -0.136. The molecule has 0 fully saturated rings. The van der Waals surface area contributed by atoms with E-state index in [1.165, 1.54) is 17.4 Å². The van der Waals surface area contributed by atoms with Gasteiger partial charge >= 0.3 is 12.1 Å². The van der Waals surface area contributed by atoms with Gasteiger partial charge < -0.3 is 25.4 Å². The molecule has 1 aromatic heterocycles. The highest BCUT2D eigenvalue weighted by Gasteiger charge is 2.21. The molecule has 4 N–H and O–H groups in total. The summed E-state index contributed by atoms with van der Waals surface area (Å²) in [5, 5.41) is 32.7. The fourth-order valence-electron chi connectivity index (χ4n) is 2.09. The quantitative estimate of drug-likeness (QED) is 0.566. The van der Waals surface area contributed by atoms with Crippen LogP contribution >= 0.6 is 11.3 Å². The number of thiophene rings is 1. The van der Waals surface area contributed by atoms with Crippen molar-refractivity contribution in [1.29, 1.82) is 0 Å². The first-order chi connectivity index (χ1) is 12.0. The first-order valence-corrected chi connectivity index (χ1v) is 8.43. The number of carboxylic acid groups (broad SMARTS) is 1.